The molecule has 20 heavy (non-hydrogen) atoms. The number of ether oxygens (including phenoxy) is 1. The monoisotopic (exact) mass is 297 g/mol. The normalized spacial score (nSPS) is 16.9. The average Bonchev–Trinajstić information content (AvgIpc) is 2.47. The Bertz CT molecular complexity index is 622. The number of aliphatic hydroxyl groups is 1. The number of benzene rings is 1. The third kappa shape index (κ3) is 2.87. The molecule has 5 nitrogen and oxygen atoms in total. The van der Waals surface area contributed by atoms with Crippen LogP contribution in [0.3, 0.4) is 0 Å². The van der Waals surface area contributed by atoms with Gasteiger partial charge in [-0.2, -0.15) is 4.31 Å². The molecule has 0 saturated carbocycles. The minimum atomic E-state index is -3.61. The first-order valence-corrected chi connectivity index (χ1v) is 7.86. The van der Waals surface area contributed by atoms with Crippen molar-refractivity contribution in [1.82, 2.24) is 4.31 Å². The van der Waals surface area contributed by atoms with Gasteiger partial charge >= 0.3 is 0 Å². The van der Waals surface area contributed by atoms with Crippen LogP contribution < -0.4 is 4.74 Å². The van der Waals surface area contributed by atoms with Crippen LogP contribution in [0.25, 0.3) is 0 Å². The Hall–Kier alpha value is -1.37. The molecule has 0 saturated heterocycles. The molecule has 110 valence electrons. The number of rotatable bonds is 4. The second-order valence-electron chi connectivity index (χ2n) is 4.81. The molecule has 0 spiro atoms. The van der Waals surface area contributed by atoms with E-state index in [1.807, 2.05) is 13.0 Å². The number of sulfonamides is 1. The van der Waals surface area contributed by atoms with E-state index in [4.69, 9.17) is 4.74 Å². The highest BCUT2D eigenvalue weighted by Gasteiger charge is 2.28. The highest BCUT2D eigenvalue weighted by Crippen LogP contribution is 2.29. The highest BCUT2D eigenvalue weighted by atomic mass is 32.2. The van der Waals surface area contributed by atoms with Gasteiger partial charge < -0.3 is 9.84 Å². The van der Waals surface area contributed by atoms with E-state index >= 15 is 0 Å². The zero-order valence-corrected chi connectivity index (χ0v) is 12.5. The Morgan fingerprint density at radius 3 is 2.70 bits per heavy atom. The first-order chi connectivity index (χ1) is 9.48. The summed E-state index contributed by atoms with van der Waals surface area (Å²) in [4.78, 5) is 0.111. The second-order valence-corrected chi connectivity index (χ2v) is 6.71. The topological polar surface area (TPSA) is 66.8 Å². The lowest BCUT2D eigenvalue weighted by Gasteiger charge is -2.25. The fourth-order valence-electron chi connectivity index (χ4n) is 2.13. The van der Waals surface area contributed by atoms with Crippen LogP contribution in [0, 0.1) is 0 Å². The van der Waals surface area contributed by atoms with Crippen molar-refractivity contribution in [3.63, 3.8) is 0 Å². The van der Waals surface area contributed by atoms with E-state index in [1.54, 1.807) is 12.1 Å². The van der Waals surface area contributed by atoms with Crippen LogP contribution in [-0.4, -0.2) is 38.0 Å². The maximum absolute atomic E-state index is 12.7. The van der Waals surface area contributed by atoms with Crippen molar-refractivity contribution in [2.75, 3.05) is 20.2 Å². The predicted octanol–water partition coefficient (Wildman–Crippen LogP) is 1.53. The molecule has 1 aliphatic heterocycles. The molecule has 6 heteroatoms. The van der Waals surface area contributed by atoms with E-state index in [0.29, 0.717) is 24.4 Å². The van der Waals surface area contributed by atoms with E-state index in [2.05, 4.69) is 0 Å². The summed E-state index contributed by atoms with van der Waals surface area (Å²) in [6.07, 6.45) is 2.66. The standard InChI is InChI=1S/C14H19NO4S/c1-11-5-7-15(8-6-11)20(17,18)14-9-12(10-16)3-4-13(14)19-2/h3-5,9,16H,6-8,10H2,1-2H3. The number of aliphatic hydroxyl groups excluding tert-OH is 1. The number of methoxy groups -OCH3 is 1. The van der Waals surface area contributed by atoms with Gasteiger partial charge in [-0.1, -0.05) is 17.7 Å². The summed E-state index contributed by atoms with van der Waals surface area (Å²) in [5, 5.41) is 9.18. The van der Waals surface area contributed by atoms with Crippen LogP contribution >= 0.6 is 0 Å². The van der Waals surface area contributed by atoms with Crippen LogP contribution in [0.5, 0.6) is 5.75 Å². The average molecular weight is 297 g/mol. The van der Waals surface area contributed by atoms with Gasteiger partial charge in [0.25, 0.3) is 0 Å². The summed E-state index contributed by atoms with van der Waals surface area (Å²) in [7, 11) is -2.17. The minimum absolute atomic E-state index is 0.111. The molecule has 1 N–H and O–H groups in total. The Kier molecular flexibility index (Phi) is 4.47. The van der Waals surface area contributed by atoms with Gasteiger partial charge in [-0.05, 0) is 31.0 Å². The van der Waals surface area contributed by atoms with E-state index in [0.717, 1.165) is 6.42 Å². The third-order valence-corrected chi connectivity index (χ3v) is 5.31. The summed E-state index contributed by atoms with van der Waals surface area (Å²) in [5.41, 5.74) is 1.75. The molecular formula is C14H19NO4S. The molecule has 0 atom stereocenters. The zero-order valence-electron chi connectivity index (χ0n) is 11.7. The van der Waals surface area contributed by atoms with Gasteiger partial charge in [0.05, 0.1) is 13.7 Å². The molecule has 1 aromatic rings. The third-order valence-electron chi connectivity index (χ3n) is 3.43. The second kappa shape index (κ2) is 5.95. The Labute approximate surface area is 119 Å². The van der Waals surface area contributed by atoms with Crippen molar-refractivity contribution in [3.05, 3.63) is 35.4 Å². The molecule has 0 fully saturated rings. The molecule has 1 heterocycles. The molecule has 1 aliphatic rings. The molecule has 0 aromatic heterocycles. The first kappa shape index (κ1) is 15.0. The van der Waals surface area contributed by atoms with Crippen molar-refractivity contribution >= 4 is 10.0 Å². The van der Waals surface area contributed by atoms with Crippen molar-refractivity contribution in [3.8, 4) is 5.75 Å². The molecule has 0 bridgehead atoms. The van der Waals surface area contributed by atoms with Crippen LogP contribution in [0.15, 0.2) is 34.7 Å². The first-order valence-electron chi connectivity index (χ1n) is 6.42. The number of hydrogen-bond acceptors (Lipinski definition) is 4. The molecule has 1 aromatic carbocycles. The van der Waals surface area contributed by atoms with Crippen molar-refractivity contribution < 1.29 is 18.3 Å². The lowest BCUT2D eigenvalue weighted by Crippen LogP contribution is -2.34. The summed E-state index contributed by atoms with van der Waals surface area (Å²) < 4.78 is 31.9. The van der Waals surface area contributed by atoms with Crippen molar-refractivity contribution in [1.29, 1.82) is 0 Å². The molecule has 0 radical (unpaired) electrons. The van der Waals surface area contributed by atoms with E-state index in [-0.39, 0.29) is 11.5 Å². The largest absolute Gasteiger partial charge is 0.495 e. The van der Waals surface area contributed by atoms with Crippen LogP contribution in [0.4, 0.5) is 0 Å². The molecular weight excluding hydrogens is 278 g/mol. The summed E-state index contributed by atoms with van der Waals surface area (Å²) in [6.45, 7) is 2.64. The highest BCUT2D eigenvalue weighted by molar-refractivity contribution is 7.89. The SMILES string of the molecule is COc1ccc(CO)cc1S(=O)(=O)N1CC=C(C)CC1. The Balaban J connectivity index is 2.43. The van der Waals surface area contributed by atoms with Crippen LogP contribution in [0.1, 0.15) is 18.9 Å². The molecule has 0 aliphatic carbocycles. The fourth-order valence-corrected chi connectivity index (χ4v) is 3.72. The van der Waals surface area contributed by atoms with Gasteiger partial charge in [-0.3, -0.25) is 0 Å². The zero-order chi connectivity index (χ0) is 14.8. The lowest BCUT2D eigenvalue weighted by atomic mass is 10.1. The van der Waals surface area contributed by atoms with Crippen LogP contribution in [-0.2, 0) is 16.6 Å². The maximum atomic E-state index is 12.7. The van der Waals surface area contributed by atoms with Gasteiger partial charge in [0.1, 0.15) is 10.6 Å². The number of nitrogens with zero attached hydrogens (tertiary/aromatic N) is 1. The van der Waals surface area contributed by atoms with Crippen molar-refractivity contribution in [2.45, 2.75) is 24.8 Å². The minimum Gasteiger partial charge on any atom is -0.495 e. The van der Waals surface area contributed by atoms with Gasteiger partial charge in [0.2, 0.25) is 10.0 Å². The maximum Gasteiger partial charge on any atom is 0.247 e. The van der Waals surface area contributed by atoms with E-state index in [9.17, 15) is 13.5 Å². The summed E-state index contributed by atoms with van der Waals surface area (Å²) in [6, 6.07) is 4.70. The molecule has 2 rings (SSSR count). The Morgan fingerprint density at radius 1 is 1.40 bits per heavy atom. The lowest BCUT2D eigenvalue weighted by molar-refractivity contribution is 0.281. The predicted molar refractivity (Wildman–Crippen MR) is 76.0 cm³/mol. The van der Waals surface area contributed by atoms with Gasteiger partial charge in [0.15, 0.2) is 0 Å². The quantitative estimate of drug-likeness (QED) is 0.856. The number of hydrogen-bond donors (Lipinski definition) is 1. The summed E-state index contributed by atoms with van der Waals surface area (Å²) >= 11 is 0. The van der Waals surface area contributed by atoms with Crippen molar-refractivity contribution in [2.24, 2.45) is 0 Å². The van der Waals surface area contributed by atoms with Gasteiger partial charge in [-0.25, -0.2) is 8.42 Å². The van der Waals surface area contributed by atoms with E-state index < -0.39 is 10.0 Å². The van der Waals surface area contributed by atoms with Gasteiger partial charge in [-0.15, -0.1) is 0 Å². The van der Waals surface area contributed by atoms with E-state index in [1.165, 1.54) is 23.1 Å². The fraction of sp³-hybridized carbons (Fsp3) is 0.429. The van der Waals surface area contributed by atoms with Gasteiger partial charge in [0, 0.05) is 13.1 Å². The molecule has 0 amide bonds. The van der Waals surface area contributed by atoms with Crippen LogP contribution in [0.2, 0.25) is 0 Å². The molecule has 0 unspecified atom stereocenters. The Morgan fingerprint density at radius 2 is 2.15 bits per heavy atom. The summed E-state index contributed by atoms with van der Waals surface area (Å²) in [5.74, 6) is 0.300. The smallest absolute Gasteiger partial charge is 0.247 e.